The van der Waals surface area contributed by atoms with Crippen LogP contribution < -0.4 is 11.1 Å². The van der Waals surface area contributed by atoms with Gasteiger partial charge in [-0.05, 0) is 43.0 Å². The molecule has 2 aromatic carbocycles. The Kier molecular flexibility index (Phi) is 4.77. The number of hydrogen-bond donors (Lipinski definition) is 2. The van der Waals surface area contributed by atoms with Crippen LogP contribution in [-0.2, 0) is 11.2 Å². The Hall–Kier alpha value is -2.29. The van der Waals surface area contributed by atoms with Crippen molar-refractivity contribution in [3.63, 3.8) is 0 Å². The van der Waals surface area contributed by atoms with E-state index < -0.39 is 0 Å². The summed E-state index contributed by atoms with van der Waals surface area (Å²) < 4.78 is 0. The first-order valence-electron chi connectivity index (χ1n) is 6.85. The molecule has 0 aromatic heterocycles. The third-order valence-corrected chi connectivity index (χ3v) is 3.36. The zero-order chi connectivity index (χ0) is 14.4. The van der Waals surface area contributed by atoms with E-state index in [2.05, 4.69) is 17.4 Å². The van der Waals surface area contributed by atoms with Crippen molar-refractivity contribution < 1.29 is 4.79 Å². The maximum Gasteiger partial charge on any atom is 0.224 e. The number of amides is 1. The third kappa shape index (κ3) is 3.85. The number of carbonyl (C=O) groups is 1. The van der Waals surface area contributed by atoms with Gasteiger partial charge < -0.3 is 11.1 Å². The Morgan fingerprint density at radius 3 is 2.60 bits per heavy atom. The highest BCUT2D eigenvalue weighted by Gasteiger charge is 2.06. The summed E-state index contributed by atoms with van der Waals surface area (Å²) in [7, 11) is 0. The molecule has 0 aliphatic heterocycles. The van der Waals surface area contributed by atoms with Gasteiger partial charge in [0, 0.05) is 17.8 Å². The molecule has 0 atom stereocenters. The molecule has 3 nitrogen and oxygen atoms in total. The van der Waals surface area contributed by atoms with E-state index in [1.165, 1.54) is 5.56 Å². The van der Waals surface area contributed by atoms with Crippen LogP contribution in [0, 0.1) is 6.92 Å². The van der Waals surface area contributed by atoms with Gasteiger partial charge in [0.05, 0.1) is 0 Å². The molecule has 0 radical (unpaired) electrons. The van der Waals surface area contributed by atoms with E-state index in [0.717, 1.165) is 24.1 Å². The van der Waals surface area contributed by atoms with Crippen LogP contribution >= 0.6 is 0 Å². The number of nitrogens with two attached hydrogens (primary N) is 1. The summed E-state index contributed by atoms with van der Waals surface area (Å²) in [6, 6.07) is 15.8. The van der Waals surface area contributed by atoms with Crippen LogP contribution in [-0.4, -0.2) is 5.91 Å². The van der Waals surface area contributed by atoms with Gasteiger partial charge in [0.25, 0.3) is 0 Å². The van der Waals surface area contributed by atoms with E-state index in [1.807, 2.05) is 43.3 Å². The molecule has 0 spiro atoms. The smallest absolute Gasteiger partial charge is 0.224 e. The van der Waals surface area contributed by atoms with Crippen molar-refractivity contribution in [2.24, 2.45) is 0 Å². The first-order valence-corrected chi connectivity index (χ1v) is 6.85. The van der Waals surface area contributed by atoms with Crippen molar-refractivity contribution in [3.05, 3.63) is 59.7 Å². The molecule has 3 heteroatoms. The Balaban J connectivity index is 1.82. The molecule has 104 valence electrons. The highest BCUT2D eigenvalue weighted by molar-refractivity contribution is 5.92. The Labute approximate surface area is 119 Å². The minimum absolute atomic E-state index is 0.0367. The van der Waals surface area contributed by atoms with Crippen molar-refractivity contribution >= 4 is 17.3 Å². The van der Waals surface area contributed by atoms with E-state index in [0.29, 0.717) is 12.1 Å². The lowest BCUT2D eigenvalue weighted by Gasteiger charge is -2.10. The van der Waals surface area contributed by atoms with E-state index in [4.69, 9.17) is 5.73 Å². The zero-order valence-electron chi connectivity index (χ0n) is 11.7. The van der Waals surface area contributed by atoms with Crippen molar-refractivity contribution in [2.45, 2.75) is 26.2 Å². The van der Waals surface area contributed by atoms with Crippen molar-refractivity contribution in [2.75, 3.05) is 11.1 Å². The third-order valence-electron chi connectivity index (χ3n) is 3.36. The highest BCUT2D eigenvalue weighted by atomic mass is 16.1. The number of nitrogen functional groups attached to an aromatic ring is 1. The predicted octanol–water partition coefficient (Wildman–Crippen LogP) is 3.54. The van der Waals surface area contributed by atoms with Gasteiger partial charge in [-0.15, -0.1) is 0 Å². The van der Waals surface area contributed by atoms with Gasteiger partial charge in [0.15, 0.2) is 0 Å². The molecule has 3 N–H and O–H groups in total. The largest absolute Gasteiger partial charge is 0.398 e. The summed E-state index contributed by atoms with van der Waals surface area (Å²) in [5.41, 5.74) is 9.51. The number of hydrogen-bond acceptors (Lipinski definition) is 2. The second-order valence-corrected chi connectivity index (χ2v) is 4.91. The fourth-order valence-corrected chi connectivity index (χ4v) is 2.10. The number of aryl methyl sites for hydroxylation is 1. The zero-order valence-corrected chi connectivity index (χ0v) is 11.7. The molecule has 0 fully saturated rings. The molecular formula is C17H20N2O. The first kappa shape index (κ1) is 14.1. The molecule has 0 aliphatic rings. The summed E-state index contributed by atoms with van der Waals surface area (Å²) in [6.07, 6.45) is 2.28. The van der Waals surface area contributed by atoms with Crippen LogP contribution in [0.25, 0.3) is 0 Å². The van der Waals surface area contributed by atoms with Crippen LogP contribution in [0.15, 0.2) is 48.5 Å². The van der Waals surface area contributed by atoms with Crippen LogP contribution in [0.5, 0.6) is 0 Å². The van der Waals surface area contributed by atoms with Gasteiger partial charge in [-0.25, -0.2) is 0 Å². The van der Waals surface area contributed by atoms with Gasteiger partial charge >= 0.3 is 0 Å². The van der Waals surface area contributed by atoms with Crippen molar-refractivity contribution in [3.8, 4) is 0 Å². The molecular weight excluding hydrogens is 248 g/mol. The Morgan fingerprint density at radius 2 is 1.85 bits per heavy atom. The van der Waals surface area contributed by atoms with Gasteiger partial charge in [-0.1, -0.05) is 36.4 Å². The number of anilines is 2. The Morgan fingerprint density at radius 1 is 1.10 bits per heavy atom. The number of carbonyl (C=O) groups excluding carboxylic acids is 1. The average molecular weight is 268 g/mol. The molecule has 0 saturated carbocycles. The predicted molar refractivity (Wildman–Crippen MR) is 83.6 cm³/mol. The summed E-state index contributed by atoms with van der Waals surface area (Å²) >= 11 is 0. The topological polar surface area (TPSA) is 55.1 Å². The molecule has 2 rings (SSSR count). The van der Waals surface area contributed by atoms with Crippen molar-refractivity contribution in [1.29, 1.82) is 0 Å². The van der Waals surface area contributed by atoms with Crippen LogP contribution in [0.1, 0.15) is 24.0 Å². The van der Waals surface area contributed by atoms with Crippen molar-refractivity contribution in [1.82, 2.24) is 0 Å². The molecule has 0 heterocycles. The molecule has 2 aromatic rings. The fraction of sp³-hybridized carbons (Fsp3) is 0.235. The normalized spacial score (nSPS) is 10.2. The summed E-state index contributed by atoms with van der Waals surface area (Å²) in [4.78, 5) is 11.9. The number of rotatable bonds is 5. The minimum Gasteiger partial charge on any atom is -0.398 e. The number of nitrogens with one attached hydrogen (secondary N) is 1. The highest BCUT2D eigenvalue weighted by Crippen LogP contribution is 2.20. The van der Waals surface area contributed by atoms with E-state index in [-0.39, 0.29) is 5.91 Å². The monoisotopic (exact) mass is 268 g/mol. The van der Waals surface area contributed by atoms with Crippen LogP contribution in [0.3, 0.4) is 0 Å². The number of benzene rings is 2. The van der Waals surface area contributed by atoms with E-state index in [9.17, 15) is 4.79 Å². The van der Waals surface area contributed by atoms with Gasteiger partial charge in [-0.3, -0.25) is 4.79 Å². The molecule has 0 unspecified atom stereocenters. The lowest BCUT2D eigenvalue weighted by molar-refractivity contribution is -0.116. The molecule has 0 bridgehead atoms. The average Bonchev–Trinajstić information content (AvgIpc) is 2.45. The maximum absolute atomic E-state index is 11.9. The Bertz CT molecular complexity index is 579. The molecule has 0 saturated heterocycles. The molecule has 0 aliphatic carbocycles. The lowest BCUT2D eigenvalue weighted by atomic mass is 10.1. The molecule has 1 amide bonds. The van der Waals surface area contributed by atoms with E-state index in [1.54, 1.807) is 0 Å². The van der Waals surface area contributed by atoms with Crippen LogP contribution in [0.4, 0.5) is 11.4 Å². The standard InChI is InChI=1S/C17H20N2O/c1-13-15(18)10-6-11-16(13)19-17(20)12-5-9-14-7-3-2-4-8-14/h2-4,6-8,10-11H,5,9,12,18H2,1H3,(H,19,20). The van der Waals surface area contributed by atoms with Crippen LogP contribution in [0.2, 0.25) is 0 Å². The van der Waals surface area contributed by atoms with Gasteiger partial charge in [-0.2, -0.15) is 0 Å². The molecule has 20 heavy (non-hydrogen) atoms. The first-order chi connectivity index (χ1) is 9.66. The van der Waals surface area contributed by atoms with Gasteiger partial charge in [0.2, 0.25) is 5.91 Å². The summed E-state index contributed by atoms with van der Waals surface area (Å²) in [6.45, 7) is 1.91. The quantitative estimate of drug-likeness (QED) is 0.815. The maximum atomic E-state index is 11.9. The minimum atomic E-state index is 0.0367. The summed E-state index contributed by atoms with van der Waals surface area (Å²) in [5, 5.41) is 2.92. The second-order valence-electron chi connectivity index (χ2n) is 4.91. The fourth-order valence-electron chi connectivity index (χ4n) is 2.10. The van der Waals surface area contributed by atoms with Gasteiger partial charge in [0.1, 0.15) is 0 Å². The second kappa shape index (κ2) is 6.75. The van der Waals surface area contributed by atoms with E-state index >= 15 is 0 Å². The summed E-state index contributed by atoms with van der Waals surface area (Å²) in [5.74, 6) is 0.0367. The SMILES string of the molecule is Cc1c(N)cccc1NC(=O)CCCc1ccccc1. The lowest BCUT2D eigenvalue weighted by Crippen LogP contribution is -2.12.